The van der Waals surface area contributed by atoms with Crippen LogP contribution < -0.4 is 20.1 Å². The van der Waals surface area contributed by atoms with Gasteiger partial charge in [0.05, 0.1) is 25.3 Å². The van der Waals surface area contributed by atoms with Crippen molar-refractivity contribution in [3.05, 3.63) is 59.2 Å². The van der Waals surface area contributed by atoms with Gasteiger partial charge in [-0.05, 0) is 24.3 Å². The summed E-state index contributed by atoms with van der Waals surface area (Å²) in [6.07, 6.45) is -4.63. The predicted octanol–water partition coefficient (Wildman–Crippen LogP) is 2.88. The predicted molar refractivity (Wildman–Crippen MR) is 95.7 cm³/mol. The van der Waals surface area contributed by atoms with Gasteiger partial charge in [-0.15, -0.1) is 0 Å². The van der Waals surface area contributed by atoms with Gasteiger partial charge in [-0.25, -0.2) is 0 Å². The molecule has 0 atom stereocenters. The van der Waals surface area contributed by atoms with Crippen molar-refractivity contribution in [2.75, 3.05) is 27.3 Å². The fourth-order valence-corrected chi connectivity index (χ4v) is 2.42. The van der Waals surface area contributed by atoms with Gasteiger partial charge in [0.1, 0.15) is 11.5 Å². The van der Waals surface area contributed by atoms with Gasteiger partial charge in [-0.3, -0.25) is 9.59 Å². The van der Waals surface area contributed by atoms with E-state index in [1.807, 2.05) is 0 Å². The third-order valence-electron chi connectivity index (χ3n) is 3.79. The van der Waals surface area contributed by atoms with Crippen LogP contribution in [0.3, 0.4) is 0 Å². The van der Waals surface area contributed by atoms with E-state index >= 15 is 0 Å². The largest absolute Gasteiger partial charge is 0.497 e. The van der Waals surface area contributed by atoms with Crippen molar-refractivity contribution < 1.29 is 32.2 Å². The van der Waals surface area contributed by atoms with Gasteiger partial charge in [0, 0.05) is 24.7 Å². The second-order valence-electron chi connectivity index (χ2n) is 5.66. The zero-order chi connectivity index (χ0) is 20.7. The highest BCUT2D eigenvalue weighted by Crippen LogP contribution is 2.31. The van der Waals surface area contributed by atoms with E-state index in [0.29, 0.717) is 11.5 Å². The molecule has 0 bridgehead atoms. The first-order chi connectivity index (χ1) is 13.3. The van der Waals surface area contributed by atoms with Gasteiger partial charge in [0.25, 0.3) is 11.8 Å². The Balaban J connectivity index is 1.93. The van der Waals surface area contributed by atoms with E-state index in [2.05, 4.69) is 10.6 Å². The maximum absolute atomic E-state index is 13.0. The average Bonchev–Trinajstić information content (AvgIpc) is 2.69. The lowest BCUT2D eigenvalue weighted by molar-refractivity contribution is -0.137. The van der Waals surface area contributed by atoms with Crippen LogP contribution in [-0.2, 0) is 6.18 Å². The number of halogens is 3. The minimum atomic E-state index is -4.63. The van der Waals surface area contributed by atoms with E-state index in [4.69, 9.17) is 9.47 Å². The van der Waals surface area contributed by atoms with Gasteiger partial charge in [-0.1, -0.05) is 12.1 Å². The van der Waals surface area contributed by atoms with E-state index in [9.17, 15) is 22.8 Å². The first-order valence-corrected chi connectivity index (χ1v) is 8.22. The van der Waals surface area contributed by atoms with Crippen molar-refractivity contribution >= 4 is 11.8 Å². The number of hydrogen-bond donors (Lipinski definition) is 2. The molecule has 150 valence electrons. The maximum Gasteiger partial charge on any atom is 0.417 e. The van der Waals surface area contributed by atoms with Crippen molar-refractivity contribution in [2.24, 2.45) is 0 Å². The maximum atomic E-state index is 13.0. The molecule has 0 radical (unpaired) electrons. The molecule has 0 aromatic heterocycles. The quantitative estimate of drug-likeness (QED) is 0.706. The number of benzene rings is 2. The van der Waals surface area contributed by atoms with Crippen LogP contribution in [0.15, 0.2) is 42.5 Å². The summed E-state index contributed by atoms with van der Waals surface area (Å²) >= 11 is 0. The molecule has 0 unspecified atom stereocenters. The zero-order valence-corrected chi connectivity index (χ0v) is 15.2. The van der Waals surface area contributed by atoms with Crippen LogP contribution in [-0.4, -0.2) is 39.1 Å². The SMILES string of the molecule is COc1cc(OC)cc(C(=O)NCCNC(=O)c2ccccc2C(F)(F)F)c1. The Morgan fingerprint density at radius 1 is 0.893 bits per heavy atom. The number of methoxy groups -OCH3 is 2. The number of nitrogens with one attached hydrogen (secondary N) is 2. The van der Waals surface area contributed by atoms with Crippen molar-refractivity contribution in [2.45, 2.75) is 6.18 Å². The smallest absolute Gasteiger partial charge is 0.417 e. The Labute approximate surface area is 159 Å². The number of carbonyl (C=O) groups is 2. The number of ether oxygens (including phenoxy) is 2. The third-order valence-corrected chi connectivity index (χ3v) is 3.79. The van der Waals surface area contributed by atoms with Crippen LogP contribution in [0.4, 0.5) is 13.2 Å². The Morgan fingerprint density at radius 2 is 1.43 bits per heavy atom. The molecule has 0 aliphatic heterocycles. The summed E-state index contributed by atoms with van der Waals surface area (Å²) in [6, 6.07) is 9.12. The second-order valence-corrected chi connectivity index (χ2v) is 5.66. The lowest BCUT2D eigenvalue weighted by Gasteiger charge is -2.13. The van der Waals surface area contributed by atoms with Crippen LogP contribution in [0.1, 0.15) is 26.3 Å². The normalized spacial score (nSPS) is 10.9. The summed E-state index contributed by atoms with van der Waals surface area (Å²) in [5, 5.41) is 4.93. The summed E-state index contributed by atoms with van der Waals surface area (Å²) in [6.45, 7) is -0.0177. The molecular formula is C19H19F3N2O4. The van der Waals surface area contributed by atoms with Crippen LogP contribution in [0.2, 0.25) is 0 Å². The lowest BCUT2D eigenvalue weighted by Crippen LogP contribution is -2.35. The van der Waals surface area contributed by atoms with Crippen molar-refractivity contribution in [1.82, 2.24) is 10.6 Å². The highest BCUT2D eigenvalue weighted by molar-refractivity contribution is 5.96. The molecule has 6 nitrogen and oxygen atoms in total. The second kappa shape index (κ2) is 9.12. The molecule has 2 N–H and O–H groups in total. The molecular weight excluding hydrogens is 377 g/mol. The molecule has 0 saturated carbocycles. The number of alkyl halides is 3. The lowest BCUT2D eigenvalue weighted by atomic mass is 10.1. The van der Waals surface area contributed by atoms with Gasteiger partial charge in [0.15, 0.2) is 0 Å². The van der Waals surface area contributed by atoms with Crippen LogP contribution in [0, 0.1) is 0 Å². The van der Waals surface area contributed by atoms with Gasteiger partial charge >= 0.3 is 6.18 Å². The topological polar surface area (TPSA) is 76.7 Å². The van der Waals surface area contributed by atoms with Crippen LogP contribution in [0.25, 0.3) is 0 Å². The third kappa shape index (κ3) is 5.38. The summed E-state index contributed by atoms with van der Waals surface area (Å²) < 4.78 is 49.0. The van der Waals surface area contributed by atoms with E-state index in [1.165, 1.54) is 38.5 Å². The standard InChI is InChI=1S/C19H19F3N2O4/c1-27-13-9-12(10-14(11-13)28-2)17(25)23-7-8-24-18(26)15-5-3-4-6-16(15)19(20,21)22/h3-6,9-11H,7-8H2,1-2H3,(H,23,25)(H,24,26). The molecule has 0 heterocycles. The molecule has 0 spiro atoms. The molecule has 2 rings (SSSR count). The monoisotopic (exact) mass is 396 g/mol. The van der Waals surface area contributed by atoms with Gasteiger partial charge in [0.2, 0.25) is 0 Å². The van der Waals surface area contributed by atoms with Crippen LogP contribution >= 0.6 is 0 Å². The summed E-state index contributed by atoms with van der Waals surface area (Å²) in [5.41, 5.74) is -1.20. The highest BCUT2D eigenvalue weighted by atomic mass is 19.4. The first-order valence-electron chi connectivity index (χ1n) is 8.22. The number of hydrogen-bond acceptors (Lipinski definition) is 4. The summed E-state index contributed by atoms with van der Waals surface area (Å²) in [7, 11) is 2.90. The molecule has 0 fully saturated rings. The minimum absolute atomic E-state index is 0.0261. The first kappa shape index (κ1) is 21.1. The number of rotatable bonds is 7. The fourth-order valence-electron chi connectivity index (χ4n) is 2.42. The molecule has 2 amide bonds. The van der Waals surface area contributed by atoms with E-state index < -0.39 is 29.1 Å². The molecule has 9 heteroatoms. The Bertz CT molecular complexity index is 831. The molecule has 0 saturated heterocycles. The highest BCUT2D eigenvalue weighted by Gasteiger charge is 2.34. The van der Waals surface area contributed by atoms with E-state index in [1.54, 1.807) is 6.07 Å². The summed E-state index contributed by atoms with van der Waals surface area (Å²) in [4.78, 5) is 24.2. The summed E-state index contributed by atoms with van der Waals surface area (Å²) in [5.74, 6) is -0.449. The van der Waals surface area contributed by atoms with Gasteiger partial charge in [-0.2, -0.15) is 13.2 Å². The van der Waals surface area contributed by atoms with E-state index in [0.717, 1.165) is 12.1 Å². The molecule has 2 aromatic rings. The Kier molecular flexibility index (Phi) is 6.86. The van der Waals surface area contributed by atoms with Crippen molar-refractivity contribution in [1.29, 1.82) is 0 Å². The molecule has 0 aliphatic rings. The number of carbonyl (C=O) groups excluding carboxylic acids is 2. The Morgan fingerprint density at radius 3 is 1.96 bits per heavy atom. The zero-order valence-electron chi connectivity index (χ0n) is 15.2. The van der Waals surface area contributed by atoms with Crippen molar-refractivity contribution in [3.8, 4) is 11.5 Å². The van der Waals surface area contributed by atoms with E-state index in [-0.39, 0.29) is 18.7 Å². The molecule has 2 aromatic carbocycles. The van der Waals surface area contributed by atoms with Crippen LogP contribution in [0.5, 0.6) is 11.5 Å². The van der Waals surface area contributed by atoms with Crippen molar-refractivity contribution in [3.63, 3.8) is 0 Å². The fraction of sp³-hybridized carbons (Fsp3) is 0.263. The molecule has 28 heavy (non-hydrogen) atoms. The average molecular weight is 396 g/mol. The Hall–Kier alpha value is -3.23. The molecule has 0 aliphatic carbocycles. The van der Waals surface area contributed by atoms with Gasteiger partial charge < -0.3 is 20.1 Å². The number of amides is 2. The minimum Gasteiger partial charge on any atom is -0.497 e.